The zero-order valence-corrected chi connectivity index (χ0v) is 13.1. The molecule has 122 valence electrons. The Kier molecular flexibility index (Phi) is 3.82. The fourth-order valence-corrected chi connectivity index (χ4v) is 2.62. The van der Waals surface area contributed by atoms with E-state index in [9.17, 15) is 8.78 Å². The Morgan fingerprint density at radius 2 is 1.64 bits per heavy atom. The number of nitrogens with zero attached hydrogens (tertiary/aromatic N) is 3. The number of benzene rings is 2. The molecule has 0 saturated heterocycles. The molecular weight excluding hydrogens is 320 g/mol. The summed E-state index contributed by atoms with van der Waals surface area (Å²) in [5.74, 6) is -0.524. The quantitative estimate of drug-likeness (QED) is 0.537. The van der Waals surface area contributed by atoms with Crippen LogP contribution in [0, 0.1) is 11.6 Å². The molecule has 0 aliphatic heterocycles. The summed E-state index contributed by atoms with van der Waals surface area (Å²) >= 11 is 0. The smallest absolute Gasteiger partial charge is 0.234 e. The molecule has 4 aromatic rings. The van der Waals surface area contributed by atoms with Crippen molar-refractivity contribution < 1.29 is 8.78 Å². The summed E-state index contributed by atoms with van der Waals surface area (Å²) < 4.78 is 28.5. The Bertz CT molecular complexity index is 1010. The Balaban J connectivity index is 1.57. The fourth-order valence-electron chi connectivity index (χ4n) is 2.62. The van der Waals surface area contributed by atoms with Crippen LogP contribution in [0.15, 0.2) is 67.1 Å². The van der Waals surface area contributed by atoms with Gasteiger partial charge >= 0.3 is 0 Å². The Morgan fingerprint density at radius 3 is 2.36 bits per heavy atom. The van der Waals surface area contributed by atoms with Gasteiger partial charge in [-0.2, -0.15) is 0 Å². The molecular formula is C20H13F2N3. The maximum atomic E-state index is 13.3. The number of hydrogen-bond donors (Lipinski definition) is 0. The van der Waals surface area contributed by atoms with Crippen molar-refractivity contribution in [1.82, 2.24) is 14.4 Å². The minimum atomic E-state index is -0.584. The highest BCUT2D eigenvalue weighted by Crippen LogP contribution is 2.22. The van der Waals surface area contributed by atoms with Crippen molar-refractivity contribution in [3.63, 3.8) is 0 Å². The standard InChI is InChI=1S/C20H13F2N3/c21-17-10-16(11-18(22)12-17)15-5-2-14(3-6-15)4-7-19-13-25-9-1-8-23-20(25)24-19/h1-13H/b7-4+. The van der Waals surface area contributed by atoms with E-state index in [4.69, 9.17) is 0 Å². The SMILES string of the molecule is Fc1cc(F)cc(-c2ccc(/C=C/c3cn4cccnc4n3)cc2)c1. The van der Waals surface area contributed by atoms with Crippen LogP contribution in [0.4, 0.5) is 8.78 Å². The van der Waals surface area contributed by atoms with Gasteiger partial charge in [0.05, 0.1) is 5.69 Å². The normalized spacial score (nSPS) is 11.4. The molecule has 0 spiro atoms. The fraction of sp³-hybridized carbons (Fsp3) is 0. The molecule has 0 fully saturated rings. The van der Waals surface area contributed by atoms with Gasteiger partial charge in [0.1, 0.15) is 11.6 Å². The summed E-state index contributed by atoms with van der Waals surface area (Å²) in [6, 6.07) is 12.8. The molecule has 0 saturated carbocycles. The summed E-state index contributed by atoms with van der Waals surface area (Å²) in [4.78, 5) is 8.57. The maximum absolute atomic E-state index is 13.3. The van der Waals surface area contributed by atoms with Gasteiger partial charge in [-0.25, -0.2) is 18.7 Å². The molecule has 0 aliphatic carbocycles. The molecule has 4 rings (SSSR count). The molecule has 0 bridgehead atoms. The van der Waals surface area contributed by atoms with E-state index >= 15 is 0 Å². The molecule has 2 aromatic heterocycles. The molecule has 25 heavy (non-hydrogen) atoms. The van der Waals surface area contributed by atoms with E-state index in [2.05, 4.69) is 9.97 Å². The van der Waals surface area contributed by atoms with Gasteiger partial charge in [-0.3, -0.25) is 4.40 Å². The summed E-state index contributed by atoms with van der Waals surface area (Å²) in [6.07, 6.45) is 9.30. The number of aromatic nitrogens is 3. The summed E-state index contributed by atoms with van der Waals surface area (Å²) in [7, 11) is 0. The van der Waals surface area contributed by atoms with Crippen molar-refractivity contribution in [2.24, 2.45) is 0 Å². The van der Waals surface area contributed by atoms with E-state index in [1.165, 1.54) is 12.1 Å². The number of halogens is 2. The van der Waals surface area contributed by atoms with Crippen LogP contribution in [-0.2, 0) is 0 Å². The van der Waals surface area contributed by atoms with E-state index in [0.29, 0.717) is 11.3 Å². The Morgan fingerprint density at radius 1 is 0.880 bits per heavy atom. The van der Waals surface area contributed by atoms with E-state index in [1.54, 1.807) is 6.20 Å². The highest BCUT2D eigenvalue weighted by Gasteiger charge is 2.03. The van der Waals surface area contributed by atoms with Crippen LogP contribution in [0.1, 0.15) is 11.3 Å². The predicted octanol–water partition coefficient (Wildman–Crippen LogP) is 4.84. The maximum Gasteiger partial charge on any atom is 0.234 e. The van der Waals surface area contributed by atoms with E-state index < -0.39 is 11.6 Å². The van der Waals surface area contributed by atoms with Gasteiger partial charge in [0.2, 0.25) is 5.78 Å². The van der Waals surface area contributed by atoms with Crippen LogP contribution >= 0.6 is 0 Å². The third-order valence-electron chi connectivity index (χ3n) is 3.81. The van der Waals surface area contributed by atoms with Crippen molar-refractivity contribution in [3.05, 3.63) is 90.0 Å². The monoisotopic (exact) mass is 333 g/mol. The molecule has 0 radical (unpaired) electrons. The molecule has 2 heterocycles. The first-order valence-corrected chi connectivity index (χ1v) is 7.72. The van der Waals surface area contributed by atoms with Gasteiger partial charge in [-0.1, -0.05) is 30.3 Å². The lowest BCUT2D eigenvalue weighted by Crippen LogP contribution is -1.84. The third-order valence-corrected chi connectivity index (χ3v) is 3.81. The minimum Gasteiger partial charge on any atom is -0.291 e. The molecule has 3 nitrogen and oxygen atoms in total. The molecule has 0 atom stereocenters. The topological polar surface area (TPSA) is 30.2 Å². The van der Waals surface area contributed by atoms with Crippen LogP contribution in [0.25, 0.3) is 29.1 Å². The zero-order valence-electron chi connectivity index (χ0n) is 13.1. The number of hydrogen-bond acceptors (Lipinski definition) is 2. The van der Waals surface area contributed by atoms with E-state index in [0.717, 1.165) is 22.9 Å². The lowest BCUT2D eigenvalue weighted by atomic mass is 10.0. The predicted molar refractivity (Wildman–Crippen MR) is 93.7 cm³/mol. The van der Waals surface area contributed by atoms with Gasteiger partial charge in [0.15, 0.2) is 0 Å². The Labute approximate surface area is 142 Å². The lowest BCUT2D eigenvalue weighted by Gasteiger charge is -2.03. The molecule has 0 amide bonds. The highest BCUT2D eigenvalue weighted by atomic mass is 19.1. The largest absolute Gasteiger partial charge is 0.291 e. The van der Waals surface area contributed by atoms with Crippen LogP contribution < -0.4 is 0 Å². The first-order valence-electron chi connectivity index (χ1n) is 7.72. The minimum absolute atomic E-state index is 0.513. The van der Waals surface area contributed by atoms with Gasteiger partial charge < -0.3 is 0 Å². The van der Waals surface area contributed by atoms with E-state index in [-0.39, 0.29) is 0 Å². The van der Waals surface area contributed by atoms with Crippen molar-refractivity contribution in [2.45, 2.75) is 0 Å². The second-order valence-corrected chi connectivity index (χ2v) is 5.61. The zero-order chi connectivity index (χ0) is 17.2. The molecule has 2 aromatic carbocycles. The lowest BCUT2D eigenvalue weighted by molar-refractivity contribution is 0.584. The number of fused-ring (bicyclic) bond motifs is 1. The molecule has 5 heteroatoms. The van der Waals surface area contributed by atoms with Crippen molar-refractivity contribution in [3.8, 4) is 11.1 Å². The second-order valence-electron chi connectivity index (χ2n) is 5.61. The molecule has 0 unspecified atom stereocenters. The van der Waals surface area contributed by atoms with Gasteiger partial charge in [-0.05, 0) is 41.0 Å². The Hall–Kier alpha value is -3.34. The first kappa shape index (κ1) is 15.2. The van der Waals surface area contributed by atoms with Gasteiger partial charge in [0.25, 0.3) is 0 Å². The second kappa shape index (κ2) is 6.28. The van der Waals surface area contributed by atoms with Crippen LogP contribution in [0.5, 0.6) is 0 Å². The van der Waals surface area contributed by atoms with Crippen molar-refractivity contribution in [1.29, 1.82) is 0 Å². The van der Waals surface area contributed by atoms with Crippen LogP contribution in [0.2, 0.25) is 0 Å². The van der Waals surface area contributed by atoms with Crippen LogP contribution in [-0.4, -0.2) is 14.4 Å². The number of imidazole rings is 1. The first-order chi connectivity index (χ1) is 12.2. The average molecular weight is 333 g/mol. The summed E-state index contributed by atoms with van der Waals surface area (Å²) in [6.45, 7) is 0. The average Bonchev–Trinajstić information content (AvgIpc) is 3.02. The van der Waals surface area contributed by atoms with Gasteiger partial charge in [-0.15, -0.1) is 0 Å². The third kappa shape index (κ3) is 3.30. The highest BCUT2D eigenvalue weighted by molar-refractivity contribution is 5.71. The van der Waals surface area contributed by atoms with Crippen molar-refractivity contribution >= 4 is 17.9 Å². The van der Waals surface area contributed by atoms with E-state index in [1.807, 2.05) is 59.3 Å². The van der Waals surface area contributed by atoms with Gasteiger partial charge in [0, 0.05) is 24.7 Å². The van der Waals surface area contributed by atoms with Crippen molar-refractivity contribution in [2.75, 3.05) is 0 Å². The number of rotatable bonds is 3. The summed E-state index contributed by atoms with van der Waals surface area (Å²) in [5.41, 5.74) is 3.03. The van der Waals surface area contributed by atoms with Crippen LogP contribution in [0.3, 0.4) is 0 Å². The molecule has 0 aliphatic rings. The molecule has 0 N–H and O–H groups in total. The summed E-state index contributed by atoms with van der Waals surface area (Å²) in [5, 5.41) is 0.